The number of rotatable bonds is 6. The predicted octanol–water partition coefficient (Wildman–Crippen LogP) is 1.36. The van der Waals surface area contributed by atoms with Crippen LogP contribution in [0.4, 0.5) is 5.69 Å². The van der Waals surface area contributed by atoms with Gasteiger partial charge in [0, 0.05) is 5.75 Å². The van der Waals surface area contributed by atoms with E-state index in [0.717, 1.165) is 0 Å². The predicted molar refractivity (Wildman–Crippen MR) is 66.0 cm³/mol. The molecule has 0 bridgehead atoms. The molecule has 16 heavy (non-hydrogen) atoms. The summed E-state index contributed by atoms with van der Waals surface area (Å²) in [4.78, 5) is 11.5. The minimum Gasteiger partial charge on any atom is -0.495 e. The lowest BCUT2D eigenvalue weighted by Crippen LogP contribution is -2.15. The van der Waals surface area contributed by atoms with Crippen molar-refractivity contribution in [2.45, 2.75) is 0 Å². The Bertz CT molecular complexity index is 344. The SMILES string of the molecule is COc1ccccc1NC(=O)CSCCO. The highest BCUT2D eigenvalue weighted by molar-refractivity contribution is 7.99. The fourth-order valence-corrected chi connectivity index (χ4v) is 1.69. The van der Waals surface area contributed by atoms with E-state index in [0.29, 0.717) is 22.9 Å². The van der Waals surface area contributed by atoms with Crippen molar-refractivity contribution in [1.82, 2.24) is 0 Å². The van der Waals surface area contributed by atoms with Crippen LogP contribution < -0.4 is 10.1 Å². The molecule has 0 saturated carbocycles. The number of para-hydroxylation sites is 2. The van der Waals surface area contributed by atoms with E-state index in [1.807, 2.05) is 12.1 Å². The van der Waals surface area contributed by atoms with Crippen molar-refractivity contribution in [2.24, 2.45) is 0 Å². The van der Waals surface area contributed by atoms with Gasteiger partial charge in [0.25, 0.3) is 0 Å². The van der Waals surface area contributed by atoms with Gasteiger partial charge < -0.3 is 15.2 Å². The molecule has 1 aromatic carbocycles. The van der Waals surface area contributed by atoms with Crippen LogP contribution in [0.5, 0.6) is 5.75 Å². The molecule has 0 saturated heterocycles. The summed E-state index contributed by atoms with van der Waals surface area (Å²) in [5, 5.41) is 11.3. The van der Waals surface area contributed by atoms with Crippen molar-refractivity contribution in [1.29, 1.82) is 0 Å². The van der Waals surface area contributed by atoms with E-state index in [9.17, 15) is 4.79 Å². The van der Waals surface area contributed by atoms with Gasteiger partial charge in [-0.15, -0.1) is 11.8 Å². The van der Waals surface area contributed by atoms with E-state index >= 15 is 0 Å². The molecule has 0 fully saturated rings. The Kier molecular flexibility index (Phi) is 5.74. The van der Waals surface area contributed by atoms with Gasteiger partial charge in [0.05, 0.1) is 25.2 Å². The lowest BCUT2D eigenvalue weighted by Gasteiger charge is -2.09. The number of aliphatic hydroxyl groups is 1. The van der Waals surface area contributed by atoms with Crippen LogP contribution >= 0.6 is 11.8 Å². The van der Waals surface area contributed by atoms with Crippen LogP contribution in [0.25, 0.3) is 0 Å². The smallest absolute Gasteiger partial charge is 0.234 e. The fourth-order valence-electron chi connectivity index (χ4n) is 1.16. The van der Waals surface area contributed by atoms with Crippen molar-refractivity contribution >= 4 is 23.4 Å². The van der Waals surface area contributed by atoms with Crippen molar-refractivity contribution in [3.63, 3.8) is 0 Å². The molecule has 0 spiro atoms. The summed E-state index contributed by atoms with van der Waals surface area (Å²) < 4.78 is 5.11. The Morgan fingerprint density at radius 3 is 2.94 bits per heavy atom. The van der Waals surface area contributed by atoms with Crippen molar-refractivity contribution in [2.75, 3.05) is 30.5 Å². The number of nitrogens with one attached hydrogen (secondary N) is 1. The first-order valence-corrected chi connectivity index (χ1v) is 6.05. The van der Waals surface area contributed by atoms with Gasteiger partial charge in [-0.05, 0) is 12.1 Å². The van der Waals surface area contributed by atoms with Gasteiger partial charge in [0.15, 0.2) is 0 Å². The molecule has 0 unspecified atom stereocenters. The molecule has 0 atom stereocenters. The van der Waals surface area contributed by atoms with E-state index < -0.39 is 0 Å². The second kappa shape index (κ2) is 7.14. The second-order valence-electron chi connectivity index (χ2n) is 3.02. The van der Waals surface area contributed by atoms with Gasteiger partial charge >= 0.3 is 0 Å². The Morgan fingerprint density at radius 1 is 1.50 bits per heavy atom. The third kappa shape index (κ3) is 4.12. The molecular weight excluding hydrogens is 226 g/mol. The first-order chi connectivity index (χ1) is 7.77. The lowest BCUT2D eigenvalue weighted by atomic mass is 10.3. The Balaban J connectivity index is 2.49. The average Bonchev–Trinajstić information content (AvgIpc) is 2.30. The molecule has 0 aliphatic heterocycles. The summed E-state index contributed by atoms with van der Waals surface area (Å²) in [5.41, 5.74) is 0.666. The quantitative estimate of drug-likeness (QED) is 0.738. The summed E-state index contributed by atoms with van der Waals surface area (Å²) in [6.45, 7) is 0.0899. The summed E-state index contributed by atoms with van der Waals surface area (Å²) >= 11 is 1.39. The number of aliphatic hydroxyl groups excluding tert-OH is 1. The summed E-state index contributed by atoms with van der Waals surface area (Å²) in [6, 6.07) is 7.25. The van der Waals surface area contributed by atoms with Gasteiger partial charge in [-0.3, -0.25) is 4.79 Å². The molecule has 0 radical (unpaired) electrons. The molecule has 0 aliphatic rings. The molecule has 1 aromatic rings. The number of amides is 1. The molecule has 5 heteroatoms. The number of ether oxygens (including phenoxy) is 1. The maximum atomic E-state index is 11.5. The van der Waals surface area contributed by atoms with Gasteiger partial charge in [-0.25, -0.2) is 0 Å². The van der Waals surface area contributed by atoms with E-state index in [4.69, 9.17) is 9.84 Å². The molecule has 1 rings (SSSR count). The number of methoxy groups -OCH3 is 1. The van der Waals surface area contributed by atoms with Crippen LogP contribution in [0.2, 0.25) is 0 Å². The third-order valence-electron chi connectivity index (χ3n) is 1.85. The first kappa shape index (κ1) is 12.9. The number of benzene rings is 1. The second-order valence-corrected chi connectivity index (χ2v) is 4.13. The summed E-state index contributed by atoms with van der Waals surface area (Å²) in [6.07, 6.45) is 0. The van der Waals surface area contributed by atoms with Gasteiger partial charge in [-0.1, -0.05) is 12.1 Å². The van der Waals surface area contributed by atoms with E-state index in [2.05, 4.69) is 5.32 Å². The molecule has 0 heterocycles. The van der Waals surface area contributed by atoms with Crippen LogP contribution in [-0.2, 0) is 4.79 Å². The maximum Gasteiger partial charge on any atom is 0.234 e. The highest BCUT2D eigenvalue weighted by atomic mass is 32.2. The number of thioether (sulfide) groups is 1. The lowest BCUT2D eigenvalue weighted by molar-refractivity contribution is -0.113. The standard InChI is InChI=1S/C11H15NO3S/c1-15-10-5-3-2-4-9(10)12-11(14)8-16-7-6-13/h2-5,13H,6-8H2,1H3,(H,12,14). The largest absolute Gasteiger partial charge is 0.495 e. The highest BCUT2D eigenvalue weighted by Gasteiger charge is 2.06. The Hall–Kier alpha value is -1.20. The third-order valence-corrected chi connectivity index (χ3v) is 2.79. The minimum atomic E-state index is -0.0945. The maximum absolute atomic E-state index is 11.5. The van der Waals surface area contributed by atoms with E-state index in [1.54, 1.807) is 19.2 Å². The molecule has 0 aromatic heterocycles. The zero-order valence-electron chi connectivity index (χ0n) is 9.10. The van der Waals surface area contributed by atoms with Gasteiger partial charge in [0.1, 0.15) is 5.75 Å². The molecule has 88 valence electrons. The first-order valence-electron chi connectivity index (χ1n) is 4.89. The molecule has 1 amide bonds. The van der Waals surface area contributed by atoms with Crippen molar-refractivity contribution in [3.05, 3.63) is 24.3 Å². The van der Waals surface area contributed by atoms with E-state index in [1.165, 1.54) is 11.8 Å². The zero-order valence-corrected chi connectivity index (χ0v) is 9.92. The topological polar surface area (TPSA) is 58.6 Å². The Morgan fingerprint density at radius 2 is 2.25 bits per heavy atom. The number of hydrogen-bond acceptors (Lipinski definition) is 4. The van der Waals surface area contributed by atoms with Crippen LogP contribution in [0.15, 0.2) is 24.3 Å². The van der Waals surface area contributed by atoms with Crippen LogP contribution in [0.1, 0.15) is 0 Å². The van der Waals surface area contributed by atoms with E-state index in [-0.39, 0.29) is 12.5 Å². The van der Waals surface area contributed by atoms with Crippen molar-refractivity contribution in [3.8, 4) is 5.75 Å². The van der Waals surface area contributed by atoms with Gasteiger partial charge in [0.2, 0.25) is 5.91 Å². The number of anilines is 1. The summed E-state index contributed by atoms with van der Waals surface area (Å²) in [7, 11) is 1.56. The monoisotopic (exact) mass is 241 g/mol. The molecule has 0 aliphatic carbocycles. The minimum absolute atomic E-state index is 0.0899. The molecule has 2 N–H and O–H groups in total. The zero-order chi connectivity index (χ0) is 11.8. The average molecular weight is 241 g/mol. The number of carbonyl (C=O) groups is 1. The normalized spacial score (nSPS) is 9.88. The molecule has 4 nitrogen and oxygen atoms in total. The number of carbonyl (C=O) groups excluding carboxylic acids is 1. The van der Waals surface area contributed by atoms with Crippen LogP contribution in [0.3, 0.4) is 0 Å². The van der Waals surface area contributed by atoms with Gasteiger partial charge in [-0.2, -0.15) is 0 Å². The highest BCUT2D eigenvalue weighted by Crippen LogP contribution is 2.23. The van der Waals surface area contributed by atoms with Crippen LogP contribution in [0, 0.1) is 0 Å². The molecular formula is C11H15NO3S. The number of hydrogen-bond donors (Lipinski definition) is 2. The van der Waals surface area contributed by atoms with Crippen LogP contribution in [-0.4, -0.2) is 36.2 Å². The Labute approximate surface area is 99.0 Å². The van der Waals surface area contributed by atoms with Crippen molar-refractivity contribution < 1.29 is 14.6 Å². The fraction of sp³-hybridized carbons (Fsp3) is 0.364. The summed E-state index contributed by atoms with van der Waals surface area (Å²) in [5.74, 6) is 1.45.